The zero-order chi connectivity index (χ0) is 13.8. The summed E-state index contributed by atoms with van der Waals surface area (Å²) in [5.41, 5.74) is 3.69. The van der Waals surface area contributed by atoms with Crippen LogP contribution >= 0.6 is 11.3 Å². The monoisotopic (exact) mass is 278 g/mol. The van der Waals surface area contributed by atoms with Crippen LogP contribution in [-0.4, -0.2) is 21.7 Å². The fraction of sp³-hybridized carbons (Fsp3) is 0.571. The molecule has 0 amide bonds. The van der Waals surface area contributed by atoms with Gasteiger partial charge in [0.25, 0.3) is 0 Å². The Morgan fingerprint density at radius 1 is 1.37 bits per heavy atom. The first-order valence-corrected chi connectivity index (χ1v) is 7.55. The van der Waals surface area contributed by atoms with E-state index >= 15 is 0 Å². The summed E-state index contributed by atoms with van der Waals surface area (Å²) in [5, 5.41) is 11.7. The fourth-order valence-corrected chi connectivity index (χ4v) is 3.18. The Kier molecular flexibility index (Phi) is 4.71. The molecule has 19 heavy (non-hydrogen) atoms. The number of hydrogen-bond acceptors (Lipinski definition) is 4. The summed E-state index contributed by atoms with van der Waals surface area (Å²) in [7, 11) is 0. The maximum absolute atomic E-state index is 4.59. The molecule has 2 rings (SSSR count). The van der Waals surface area contributed by atoms with E-state index in [9.17, 15) is 0 Å². The minimum atomic E-state index is 0.329. The van der Waals surface area contributed by atoms with E-state index in [0.29, 0.717) is 6.04 Å². The summed E-state index contributed by atoms with van der Waals surface area (Å²) in [5.74, 6) is 0. The standard InChI is InChI=1S/C14H22N4S/c1-9-13(8-16-18-9)6-5-7-15-10(2)14-11(3)19-12(4)17-14/h8,10,15H,5-7H2,1-4H3,(H,16,18). The van der Waals surface area contributed by atoms with Crippen LogP contribution in [-0.2, 0) is 6.42 Å². The van der Waals surface area contributed by atoms with E-state index in [4.69, 9.17) is 0 Å². The van der Waals surface area contributed by atoms with E-state index in [1.165, 1.54) is 21.8 Å². The van der Waals surface area contributed by atoms with Gasteiger partial charge in [-0.15, -0.1) is 11.3 Å². The molecule has 5 heteroatoms. The lowest BCUT2D eigenvalue weighted by Crippen LogP contribution is -2.21. The summed E-state index contributed by atoms with van der Waals surface area (Å²) in [6.07, 6.45) is 4.11. The Balaban J connectivity index is 1.77. The summed E-state index contributed by atoms with van der Waals surface area (Å²) in [6.45, 7) is 9.47. The normalized spacial score (nSPS) is 12.8. The van der Waals surface area contributed by atoms with Crippen molar-refractivity contribution in [3.05, 3.63) is 33.0 Å². The number of aromatic nitrogens is 3. The number of thiazole rings is 1. The molecule has 0 aliphatic heterocycles. The van der Waals surface area contributed by atoms with Crippen molar-refractivity contribution >= 4 is 11.3 Å². The highest BCUT2D eigenvalue weighted by atomic mass is 32.1. The molecule has 104 valence electrons. The SMILES string of the molecule is Cc1nc(C(C)NCCCc2cn[nH]c2C)c(C)s1. The Morgan fingerprint density at radius 2 is 2.16 bits per heavy atom. The first kappa shape index (κ1) is 14.2. The van der Waals surface area contributed by atoms with Gasteiger partial charge in [0, 0.05) is 16.6 Å². The molecule has 2 heterocycles. The first-order chi connectivity index (χ1) is 9.08. The van der Waals surface area contributed by atoms with Crippen molar-refractivity contribution in [2.45, 2.75) is 46.6 Å². The molecule has 0 spiro atoms. The third-order valence-electron chi connectivity index (χ3n) is 3.36. The molecule has 0 fully saturated rings. The van der Waals surface area contributed by atoms with Crippen LogP contribution in [0.15, 0.2) is 6.20 Å². The second kappa shape index (κ2) is 6.30. The number of aromatic amines is 1. The van der Waals surface area contributed by atoms with E-state index in [1.54, 1.807) is 11.3 Å². The number of nitrogens with zero attached hydrogens (tertiary/aromatic N) is 2. The fourth-order valence-electron chi connectivity index (χ4n) is 2.27. The molecule has 4 nitrogen and oxygen atoms in total. The van der Waals surface area contributed by atoms with Gasteiger partial charge in [0.2, 0.25) is 0 Å². The molecule has 1 atom stereocenters. The van der Waals surface area contributed by atoms with Gasteiger partial charge in [0.05, 0.1) is 16.9 Å². The largest absolute Gasteiger partial charge is 0.309 e. The van der Waals surface area contributed by atoms with E-state index in [2.05, 4.69) is 48.2 Å². The second-order valence-corrected chi connectivity index (χ2v) is 6.38. The molecule has 0 aromatic carbocycles. The van der Waals surface area contributed by atoms with Crippen LogP contribution in [0.5, 0.6) is 0 Å². The van der Waals surface area contributed by atoms with Gasteiger partial charge in [-0.3, -0.25) is 5.10 Å². The smallest absolute Gasteiger partial charge is 0.0900 e. The maximum atomic E-state index is 4.59. The third-order valence-corrected chi connectivity index (χ3v) is 4.26. The average molecular weight is 278 g/mol. The molecule has 0 aliphatic rings. The molecule has 2 N–H and O–H groups in total. The lowest BCUT2D eigenvalue weighted by atomic mass is 10.1. The van der Waals surface area contributed by atoms with Gasteiger partial charge in [0.1, 0.15) is 0 Å². The molecular formula is C14H22N4S. The zero-order valence-electron chi connectivity index (χ0n) is 12.1. The molecule has 0 radical (unpaired) electrons. The topological polar surface area (TPSA) is 53.6 Å². The van der Waals surface area contributed by atoms with Gasteiger partial charge in [-0.25, -0.2) is 4.98 Å². The molecule has 0 aliphatic carbocycles. The van der Waals surface area contributed by atoms with Gasteiger partial charge >= 0.3 is 0 Å². The number of aryl methyl sites for hydroxylation is 4. The number of rotatable bonds is 6. The number of nitrogens with one attached hydrogen (secondary N) is 2. The van der Waals surface area contributed by atoms with Gasteiger partial charge in [-0.05, 0) is 52.6 Å². The Labute approximate surface area is 118 Å². The predicted molar refractivity (Wildman–Crippen MR) is 79.7 cm³/mol. The van der Waals surface area contributed by atoms with Crippen LogP contribution in [0.25, 0.3) is 0 Å². The van der Waals surface area contributed by atoms with Crippen molar-refractivity contribution in [1.29, 1.82) is 0 Å². The van der Waals surface area contributed by atoms with Crippen LogP contribution in [0.3, 0.4) is 0 Å². The van der Waals surface area contributed by atoms with E-state index < -0.39 is 0 Å². The quantitative estimate of drug-likeness (QED) is 0.798. The summed E-state index contributed by atoms with van der Waals surface area (Å²) in [4.78, 5) is 5.92. The van der Waals surface area contributed by atoms with Crippen LogP contribution in [0.2, 0.25) is 0 Å². The van der Waals surface area contributed by atoms with Gasteiger partial charge in [0.15, 0.2) is 0 Å². The van der Waals surface area contributed by atoms with E-state index in [-0.39, 0.29) is 0 Å². The maximum Gasteiger partial charge on any atom is 0.0900 e. The molecule has 0 bridgehead atoms. The average Bonchev–Trinajstić information content (AvgIpc) is 2.91. The van der Waals surface area contributed by atoms with Crippen LogP contribution in [0.1, 0.15) is 46.2 Å². The van der Waals surface area contributed by atoms with Gasteiger partial charge < -0.3 is 5.32 Å². The minimum absolute atomic E-state index is 0.329. The van der Waals surface area contributed by atoms with Crippen molar-refractivity contribution in [1.82, 2.24) is 20.5 Å². The van der Waals surface area contributed by atoms with Crippen molar-refractivity contribution in [2.24, 2.45) is 0 Å². The molecular weight excluding hydrogens is 256 g/mol. The second-order valence-electron chi connectivity index (χ2n) is 4.97. The Bertz CT molecular complexity index is 529. The molecule has 1 unspecified atom stereocenters. The molecule has 0 saturated carbocycles. The van der Waals surface area contributed by atoms with Crippen molar-refractivity contribution in [2.75, 3.05) is 6.54 Å². The number of H-pyrrole nitrogens is 1. The Morgan fingerprint density at radius 3 is 2.74 bits per heavy atom. The summed E-state index contributed by atoms with van der Waals surface area (Å²) < 4.78 is 0. The summed E-state index contributed by atoms with van der Waals surface area (Å²) >= 11 is 1.77. The van der Waals surface area contributed by atoms with Crippen LogP contribution in [0, 0.1) is 20.8 Å². The highest BCUT2D eigenvalue weighted by molar-refractivity contribution is 7.11. The van der Waals surface area contributed by atoms with Crippen LogP contribution < -0.4 is 5.32 Å². The molecule has 0 saturated heterocycles. The van der Waals surface area contributed by atoms with Gasteiger partial charge in [-0.1, -0.05) is 0 Å². The van der Waals surface area contributed by atoms with Crippen molar-refractivity contribution in [3.63, 3.8) is 0 Å². The lowest BCUT2D eigenvalue weighted by molar-refractivity contribution is 0.547. The summed E-state index contributed by atoms with van der Waals surface area (Å²) in [6, 6.07) is 0.329. The predicted octanol–water partition coefficient (Wildman–Crippen LogP) is 3.07. The first-order valence-electron chi connectivity index (χ1n) is 6.74. The lowest BCUT2D eigenvalue weighted by Gasteiger charge is -2.12. The zero-order valence-corrected chi connectivity index (χ0v) is 12.9. The highest BCUT2D eigenvalue weighted by Crippen LogP contribution is 2.22. The van der Waals surface area contributed by atoms with Crippen molar-refractivity contribution < 1.29 is 0 Å². The Hall–Kier alpha value is -1.20. The molecule has 2 aromatic rings. The van der Waals surface area contributed by atoms with E-state index in [1.807, 2.05) is 6.20 Å². The minimum Gasteiger partial charge on any atom is -0.309 e. The van der Waals surface area contributed by atoms with Gasteiger partial charge in [-0.2, -0.15) is 5.10 Å². The molecule has 2 aromatic heterocycles. The van der Waals surface area contributed by atoms with Crippen LogP contribution in [0.4, 0.5) is 0 Å². The highest BCUT2D eigenvalue weighted by Gasteiger charge is 2.12. The number of hydrogen-bond donors (Lipinski definition) is 2. The van der Waals surface area contributed by atoms with Crippen molar-refractivity contribution in [3.8, 4) is 0 Å². The van der Waals surface area contributed by atoms with E-state index in [0.717, 1.165) is 24.4 Å². The third kappa shape index (κ3) is 3.64.